The zero-order chi connectivity index (χ0) is 18.9. The van der Waals surface area contributed by atoms with Crippen molar-refractivity contribution in [2.45, 2.75) is 50.4 Å². The van der Waals surface area contributed by atoms with E-state index in [1.54, 1.807) is 30.0 Å². The molecule has 1 spiro atoms. The molecule has 2 heterocycles. The van der Waals surface area contributed by atoms with Gasteiger partial charge < -0.3 is 24.6 Å². The van der Waals surface area contributed by atoms with Gasteiger partial charge >= 0.3 is 0 Å². The van der Waals surface area contributed by atoms with Crippen LogP contribution in [0.3, 0.4) is 0 Å². The van der Waals surface area contributed by atoms with Crippen LogP contribution in [0.25, 0.3) is 0 Å². The summed E-state index contributed by atoms with van der Waals surface area (Å²) in [6.45, 7) is 4.73. The molecule has 2 aliphatic rings. The van der Waals surface area contributed by atoms with Gasteiger partial charge in [-0.2, -0.15) is 0 Å². The van der Waals surface area contributed by atoms with E-state index in [0.29, 0.717) is 43.1 Å². The lowest BCUT2D eigenvalue weighted by molar-refractivity contribution is -0.222. The van der Waals surface area contributed by atoms with E-state index in [9.17, 15) is 15.0 Å². The van der Waals surface area contributed by atoms with Crippen LogP contribution >= 0.6 is 11.6 Å². The topological polar surface area (TPSA) is 79.2 Å². The number of carbonyl (C=O) groups excluding carboxylic acids is 1. The normalized spacial score (nSPS) is 28.2. The molecule has 2 saturated heterocycles. The van der Waals surface area contributed by atoms with Crippen molar-refractivity contribution >= 4 is 17.5 Å². The molecule has 26 heavy (non-hydrogen) atoms. The Kier molecular flexibility index (Phi) is 5.49. The van der Waals surface area contributed by atoms with E-state index in [-0.39, 0.29) is 19.1 Å². The largest absolute Gasteiger partial charge is 0.483 e. The molecule has 1 aromatic carbocycles. The van der Waals surface area contributed by atoms with Crippen LogP contribution in [-0.2, 0) is 9.53 Å². The Hall–Kier alpha value is -1.34. The molecule has 2 atom stereocenters. The van der Waals surface area contributed by atoms with Gasteiger partial charge in [0.05, 0.1) is 17.8 Å². The number of ether oxygens (including phenoxy) is 2. The van der Waals surface area contributed by atoms with Gasteiger partial charge in [-0.1, -0.05) is 11.6 Å². The summed E-state index contributed by atoms with van der Waals surface area (Å²) in [5.74, 6) is 0.577. The van der Waals surface area contributed by atoms with E-state index in [1.165, 1.54) is 0 Å². The summed E-state index contributed by atoms with van der Waals surface area (Å²) >= 11 is 5.93. The minimum Gasteiger partial charge on any atom is -0.483 e. The summed E-state index contributed by atoms with van der Waals surface area (Å²) in [6, 6.07) is 5.30. The molecule has 1 amide bonds. The number of hydrogen-bond acceptors (Lipinski definition) is 5. The van der Waals surface area contributed by atoms with Crippen LogP contribution in [0, 0.1) is 6.92 Å². The highest BCUT2D eigenvalue weighted by atomic mass is 35.5. The number of hydrogen-bond donors (Lipinski definition) is 2. The second-order valence-corrected chi connectivity index (χ2v) is 8.06. The fourth-order valence-electron chi connectivity index (χ4n) is 3.75. The molecule has 0 bridgehead atoms. The Bertz CT molecular complexity index is 670. The highest BCUT2D eigenvalue weighted by molar-refractivity contribution is 6.30. The van der Waals surface area contributed by atoms with Gasteiger partial charge in [0.25, 0.3) is 5.91 Å². The first-order valence-corrected chi connectivity index (χ1v) is 9.30. The number of rotatable bonds is 3. The Labute approximate surface area is 158 Å². The standard InChI is InChI=1S/C19H26ClNO5/c1-13-9-14(20)3-4-15(13)25-11-17(23)21-7-5-19(6-8-21)12-18(2,24)16(22)10-26-19/h3-4,9,16,22,24H,5-8,10-12H2,1-2H3/t16-,18-/m0/s1. The number of aliphatic hydroxyl groups is 2. The number of aliphatic hydroxyl groups excluding tert-OH is 1. The molecule has 0 aliphatic carbocycles. The monoisotopic (exact) mass is 383 g/mol. The van der Waals surface area contributed by atoms with Crippen LogP contribution < -0.4 is 4.74 Å². The molecule has 1 aromatic rings. The highest BCUT2D eigenvalue weighted by Gasteiger charge is 2.48. The van der Waals surface area contributed by atoms with Gasteiger partial charge in [-0.25, -0.2) is 0 Å². The number of nitrogens with zero attached hydrogens (tertiary/aromatic N) is 1. The molecule has 2 aliphatic heterocycles. The highest BCUT2D eigenvalue weighted by Crippen LogP contribution is 2.39. The van der Waals surface area contributed by atoms with Crippen molar-refractivity contribution in [3.63, 3.8) is 0 Å². The molecule has 144 valence electrons. The van der Waals surface area contributed by atoms with Crippen LogP contribution in [0.15, 0.2) is 18.2 Å². The van der Waals surface area contributed by atoms with E-state index in [2.05, 4.69) is 0 Å². The lowest BCUT2D eigenvalue weighted by atomic mass is 9.76. The van der Waals surface area contributed by atoms with Crippen molar-refractivity contribution in [1.82, 2.24) is 4.90 Å². The van der Waals surface area contributed by atoms with Gasteiger partial charge in [0, 0.05) is 24.5 Å². The molecule has 0 radical (unpaired) electrons. The number of carbonyl (C=O) groups is 1. The quantitative estimate of drug-likeness (QED) is 0.833. The Morgan fingerprint density at radius 3 is 2.73 bits per heavy atom. The van der Waals surface area contributed by atoms with Gasteiger partial charge in [-0.15, -0.1) is 0 Å². The molecule has 0 saturated carbocycles. The average molecular weight is 384 g/mol. The van der Waals surface area contributed by atoms with E-state index < -0.39 is 17.3 Å². The summed E-state index contributed by atoms with van der Waals surface area (Å²) in [5.41, 5.74) is -0.730. The Balaban J connectivity index is 1.52. The maximum absolute atomic E-state index is 12.4. The predicted octanol–water partition coefficient (Wildman–Crippen LogP) is 1.92. The summed E-state index contributed by atoms with van der Waals surface area (Å²) in [4.78, 5) is 14.2. The number of aryl methyl sites for hydroxylation is 1. The Morgan fingerprint density at radius 2 is 2.12 bits per heavy atom. The summed E-state index contributed by atoms with van der Waals surface area (Å²) < 4.78 is 11.5. The summed E-state index contributed by atoms with van der Waals surface area (Å²) in [6.07, 6.45) is 0.788. The second-order valence-electron chi connectivity index (χ2n) is 7.62. The third-order valence-corrected chi connectivity index (χ3v) is 5.70. The number of benzene rings is 1. The van der Waals surface area contributed by atoms with Crippen LogP contribution in [-0.4, -0.2) is 64.6 Å². The van der Waals surface area contributed by atoms with Gasteiger partial charge in [0.15, 0.2) is 6.61 Å². The van der Waals surface area contributed by atoms with E-state index in [4.69, 9.17) is 21.1 Å². The number of amides is 1. The lowest BCUT2D eigenvalue weighted by Gasteiger charge is -2.49. The van der Waals surface area contributed by atoms with Crippen molar-refractivity contribution in [1.29, 1.82) is 0 Å². The van der Waals surface area contributed by atoms with Gasteiger partial charge in [-0.3, -0.25) is 4.79 Å². The number of halogens is 1. The predicted molar refractivity (Wildman–Crippen MR) is 97.4 cm³/mol. The van der Waals surface area contributed by atoms with Crippen LogP contribution in [0.1, 0.15) is 31.7 Å². The molecule has 2 N–H and O–H groups in total. The molecule has 3 rings (SSSR count). The van der Waals surface area contributed by atoms with Gasteiger partial charge in [0.2, 0.25) is 0 Å². The molecule has 2 fully saturated rings. The third kappa shape index (κ3) is 4.14. The second kappa shape index (κ2) is 7.35. The number of piperidine rings is 1. The van der Waals surface area contributed by atoms with E-state index >= 15 is 0 Å². The van der Waals surface area contributed by atoms with E-state index in [0.717, 1.165) is 5.56 Å². The maximum Gasteiger partial charge on any atom is 0.260 e. The fourth-order valence-corrected chi connectivity index (χ4v) is 3.97. The van der Waals surface area contributed by atoms with Crippen molar-refractivity contribution in [2.24, 2.45) is 0 Å². The number of likely N-dealkylation sites (tertiary alicyclic amines) is 1. The van der Waals surface area contributed by atoms with Crippen molar-refractivity contribution in [3.05, 3.63) is 28.8 Å². The maximum atomic E-state index is 12.4. The van der Waals surface area contributed by atoms with Crippen LogP contribution in [0.2, 0.25) is 5.02 Å². The minimum absolute atomic E-state index is 0.0211. The fraction of sp³-hybridized carbons (Fsp3) is 0.632. The van der Waals surface area contributed by atoms with E-state index in [1.807, 2.05) is 6.92 Å². The third-order valence-electron chi connectivity index (χ3n) is 5.46. The van der Waals surface area contributed by atoms with Crippen LogP contribution in [0.5, 0.6) is 5.75 Å². The molecular weight excluding hydrogens is 358 g/mol. The average Bonchev–Trinajstić information content (AvgIpc) is 2.58. The van der Waals surface area contributed by atoms with Crippen molar-refractivity contribution < 1.29 is 24.5 Å². The molecule has 6 nitrogen and oxygen atoms in total. The smallest absolute Gasteiger partial charge is 0.260 e. The molecule has 0 unspecified atom stereocenters. The zero-order valence-corrected chi connectivity index (χ0v) is 16.0. The van der Waals surface area contributed by atoms with Gasteiger partial charge in [-0.05, 0) is 50.5 Å². The van der Waals surface area contributed by atoms with Crippen LogP contribution in [0.4, 0.5) is 0 Å². The summed E-state index contributed by atoms with van der Waals surface area (Å²) in [5, 5.41) is 20.8. The first kappa shape index (κ1) is 19.4. The SMILES string of the molecule is Cc1cc(Cl)ccc1OCC(=O)N1CCC2(CC1)C[C@](C)(O)[C@@H](O)CO2. The molecular formula is C19H26ClNO5. The summed E-state index contributed by atoms with van der Waals surface area (Å²) in [7, 11) is 0. The molecule has 7 heteroatoms. The first-order chi connectivity index (χ1) is 12.2. The molecule has 0 aromatic heterocycles. The van der Waals surface area contributed by atoms with Crippen molar-refractivity contribution in [3.8, 4) is 5.75 Å². The lowest BCUT2D eigenvalue weighted by Crippen LogP contribution is -2.59. The minimum atomic E-state index is -1.15. The first-order valence-electron chi connectivity index (χ1n) is 8.92. The van der Waals surface area contributed by atoms with Gasteiger partial charge in [0.1, 0.15) is 11.9 Å². The zero-order valence-electron chi connectivity index (χ0n) is 15.2. The Morgan fingerprint density at radius 1 is 1.42 bits per heavy atom. The van der Waals surface area contributed by atoms with Crippen molar-refractivity contribution in [2.75, 3.05) is 26.3 Å².